The Bertz CT molecular complexity index is 1300. The Morgan fingerprint density at radius 1 is 1.12 bits per heavy atom. The second-order valence-corrected chi connectivity index (χ2v) is 8.22. The number of carbonyl (C=O) groups excluding carboxylic acids is 1. The van der Waals surface area contributed by atoms with Crippen molar-refractivity contribution < 1.29 is 19.0 Å². The molecule has 0 amide bonds. The Labute approximate surface area is 202 Å². The van der Waals surface area contributed by atoms with Gasteiger partial charge in [0.15, 0.2) is 0 Å². The van der Waals surface area contributed by atoms with E-state index in [1.165, 1.54) is 16.7 Å². The summed E-state index contributed by atoms with van der Waals surface area (Å²) >= 11 is 1.38. The number of nitrogens with one attached hydrogen (secondary N) is 1. The molecule has 0 fully saturated rings. The molecule has 4 aromatic rings. The molecule has 1 N–H and O–H groups in total. The lowest BCUT2D eigenvalue weighted by Crippen LogP contribution is -2.07. The highest BCUT2D eigenvalue weighted by molar-refractivity contribution is 7.13. The molecule has 0 spiro atoms. The summed E-state index contributed by atoms with van der Waals surface area (Å²) in [4.78, 5) is 15.9. The Morgan fingerprint density at radius 3 is 2.79 bits per heavy atom. The zero-order chi connectivity index (χ0) is 23.8. The third kappa shape index (κ3) is 6.11. The summed E-state index contributed by atoms with van der Waals surface area (Å²) in [6.45, 7) is 2.50. The number of nitrogens with zero attached hydrogens (tertiary/aromatic N) is 2. The Kier molecular flexibility index (Phi) is 7.72. The first-order chi connectivity index (χ1) is 16.6. The van der Waals surface area contributed by atoms with Crippen molar-refractivity contribution in [3.05, 3.63) is 82.9 Å². The number of rotatable bonds is 10. The van der Waals surface area contributed by atoms with E-state index in [4.69, 9.17) is 14.2 Å². The molecule has 8 heteroatoms. The maximum Gasteiger partial charge on any atom is 0.311 e. The highest BCUT2D eigenvalue weighted by Gasteiger charge is 2.08. The number of aromatic nitrogens is 1. The predicted octanol–water partition coefficient (Wildman–Crippen LogP) is 5.44. The maximum atomic E-state index is 11.6. The Hall–Kier alpha value is -3.91. The summed E-state index contributed by atoms with van der Waals surface area (Å²) in [5.74, 6) is 1.25. The molecule has 1 aromatic heterocycles. The minimum Gasteiger partial charge on any atom is -0.496 e. The van der Waals surface area contributed by atoms with Crippen molar-refractivity contribution in [1.29, 1.82) is 0 Å². The van der Waals surface area contributed by atoms with E-state index in [1.54, 1.807) is 20.2 Å². The van der Waals surface area contributed by atoms with E-state index in [0.29, 0.717) is 24.0 Å². The van der Waals surface area contributed by atoms with Gasteiger partial charge < -0.3 is 14.2 Å². The number of hydrazone groups is 1. The van der Waals surface area contributed by atoms with Crippen molar-refractivity contribution in [2.24, 2.45) is 5.10 Å². The first-order valence-electron chi connectivity index (χ1n) is 10.8. The normalized spacial score (nSPS) is 11.0. The van der Waals surface area contributed by atoms with E-state index >= 15 is 0 Å². The smallest absolute Gasteiger partial charge is 0.311 e. The molecule has 0 aliphatic heterocycles. The predicted molar refractivity (Wildman–Crippen MR) is 135 cm³/mol. The molecule has 0 radical (unpaired) electrons. The van der Waals surface area contributed by atoms with Gasteiger partial charge in [0.2, 0.25) is 5.13 Å². The molecular formula is C26H25N3O4S. The fourth-order valence-corrected chi connectivity index (χ4v) is 4.03. The first kappa shape index (κ1) is 23.3. The van der Waals surface area contributed by atoms with Crippen molar-refractivity contribution in [3.8, 4) is 11.5 Å². The van der Waals surface area contributed by atoms with E-state index in [9.17, 15) is 4.79 Å². The van der Waals surface area contributed by atoms with Gasteiger partial charge in [-0.15, -0.1) is 11.3 Å². The number of hydrogen-bond donors (Lipinski definition) is 1. The van der Waals surface area contributed by atoms with E-state index in [1.807, 2.05) is 53.9 Å². The molecule has 0 aliphatic carbocycles. The number of esters is 1. The Morgan fingerprint density at radius 2 is 1.97 bits per heavy atom. The third-order valence-electron chi connectivity index (χ3n) is 4.98. The van der Waals surface area contributed by atoms with Crippen molar-refractivity contribution >= 4 is 39.4 Å². The van der Waals surface area contributed by atoms with Gasteiger partial charge in [0.25, 0.3) is 0 Å². The van der Waals surface area contributed by atoms with E-state index in [0.717, 1.165) is 28.0 Å². The molecule has 3 aromatic carbocycles. The van der Waals surface area contributed by atoms with Gasteiger partial charge in [-0.25, -0.2) is 4.98 Å². The number of ether oxygens (including phenoxy) is 3. The zero-order valence-electron chi connectivity index (χ0n) is 19.0. The monoisotopic (exact) mass is 475 g/mol. The number of thiazole rings is 1. The standard InChI is InChI=1S/C26H25N3O4S/c1-3-32-25(30)14-22-17-34-26(28-22)29-27-15-18-8-11-24(31-2)21(12-18)16-33-23-10-9-19-6-4-5-7-20(19)13-23/h4-13,15,17H,3,14,16H2,1-2H3,(H,28,29). The van der Waals surface area contributed by atoms with Crippen LogP contribution in [0.5, 0.6) is 11.5 Å². The zero-order valence-corrected chi connectivity index (χ0v) is 19.8. The molecule has 174 valence electrons. The molecule has 0 aliphatic rings. The summed E-state index contributed by atoms with van der Waals surface area (Å²) in [6.07, 6.45) is 1.85. The van der Waals surface area contributed by atoms with Crippen LogP contribution in [0.15, 0.2) is 71.1 Å². The first-order valence-corrected chi connectivity index (χ1v) is 11.7. The van der Waals surface area contributed by atoms with Crippen LogP contribution in [0, 0.1) is 0 Å². The molecule has 0 bridgehead atoms. The van der Waals surface area contributed by atoms with Crippen LogP contribution in [0.3, 0.4) is 0 Å². The number of carbonyl (C=O) groups is 1. The van der Waals surface area contributed by atoms with Gasteiger partial charge in [0.1, 0.15) is 18.1 Å². The van der Waals surface area contributed by atoms with Gasteiger partial charge in [-0.2, -0.15) is 5.10 Å². The summed E-state index contributed by atoms with van der Waals surface area (Å²) in [6, 6.07) is 20.0. The number of hydrogen-bond acceptors (Lipinski definition) is 8. The van der Waals surface area contributed by atoms with Crippen LogP contribution < -0.4 is 14.9 Å². The van der Waals surface area contributed by atoms with Crippen LogP contribution in [0.1, 0.15) is 23.7 Å². The lowest BCUT2D eigenvalue weighted by molar-refractivity contribution is -0.142. The Balaban J connectivity index is 1.39. The van der Waals surface area contributed by atoms with Crippen LogP contribution in [0.25, 0.3) is 10.8 Å². The van der Waals surface area contributed by atoms with Gasteiger partial charge in [-0.3, -0.25) is 10.2 Å². The molecule has 0 saturated heterocycles. The van der Waals surface area contributed by atoms with Crippen molar-refractivity contribution in [2.75, 3.05) is 19.1 Å². The van der Waals surface area contributed by atoms with Gasteiger partial charge in [0.05, 0.1) is 32.0 Å². The fraction of sp³-hybridized carbons (Fsp3) is 0.192. The van der Waals surface area contributed by atoms with Gasteiger partial charge in [-0.1, -0.05) is 30.3 Å². The van der Waals surface area contributed by atoms with Gasteiger partial charge in [-0.05, 0) is 53.6 Å². The highest BCUT2D eigenvalue weighted by Crippen LogP contribution is 2.25. The quantitative estimate of drug-likeness (QED) is 0.187. The van der Waals surface area contributed by atoms with Crippen LogP contribution in [-0.4, -0.2) is 30.9 Å². The topological polar surface area (TPSA) is 82.0 Å². The number of benzene rings is 3. The van der Waals surface area contributed by atoms with Gasteiger partial charge in [0, 0.05) is 10.9 Å². The van der Waals surface area contributed by atoms with Crippen molar-refractivity contribution in [1.82, 2.24) is 4.98 Å². The van der Waals surface area contributed by atoms with Crippen molar-refractivity contribution in [3.63, 3.8) is 0 Å². The second-order valence-electron chi connectivity index (χ2n) is 7.36. The maximum absolute atomic E-state index is 11.6. The second kappa shape index (κ2) is 11.3. The molecule has 34 heavy (non-hydrogen) atoms. The highest BCUT2D eigenvalue weighted by atomic mass is 32.1. The SMILES string of the molecule is CCOC(=O)Cc1csc(NN=Cc2ccc(OC)c(COc3ccc4ccccc4c3)c2)n1. The average molecular weight is 476 g/mol. The molecule has 7 nitrogen and oxygen atoms in total. The van der Waals surface area contributed by atoms with Gasteiger partial charge >= 0.3 is 5.97 Å². The minimum absolute atomic E-state index is 0.148. The van der Waals surface area contributed by atoms with Crippen LogP contribution in [0.2, 0.25) is 0 Å². The average Bonchev–Trinajstić information content (AvgIpc) is 3.29. The fourth-order valence-electron chi connectivity index (χ4n) is 3.37. The lowest BCUT2D eigenvalue weighted by atomic mass is 10.1. The van der Waals surface area contributed by atoms with Crippen molar-refractivity contribution in [2.45, 2.75) is 20.0 Å². The summed E-state index contributed by atoms with van der Waals surface area (Å²) in [7, 11) is 1.64. The summed E-state index contributed by atoms with van der Waals surface area (Å²) in [5.41, 5.74) is 5.35. The van der Waals surface area contributed by atoms with Crippen LogP contribution >= 0.6 is 11.3 Å². The summed E-state index contributed by atoms with van der Waals surface area (Å²) in [5, 5.41) is 8.98. The molecule has 1 heterocycles. The molecular weight excluding hydrogens is 450 g/mol. The van der Waals surface area contributed by atoms with E-state index in [-0.39, 0.29) is 12.4 Å². The van der Waals surface area contributed by atoms with Crippen LogP contribution in [0.4, 0.5) is 5.13 Å². The molecule has 0 unspecified atom stereocenters. The molecule has 0 saturated carbocycles. The number of anilines is 1. The lowest BCUT2D eigenvalue weighted by Gasteiger charge is -2.12. The van der Waals surface area contributed by atoms with Crippen LogP contribution in [-0.2, 0) is 22.6 Å². The summed E-state index contributed by atoms with van der Waals surface area (Å²) < 4.78 is 16.5. The molecule has 4 rings (SSSR count). The molecule has 0 atom stereocenters. The van der Waals surface area contributed by atoms with E-state index in [2.05, 4.69) is 27.6 Å². The van der Waals surface area contributed by atoms with E-state index < -0.39 is 0 Å². The minimum atomic E-state index is -0.292. The third-order valence-corrected chi connectivity index (χ3v) is 5.77. The largest absolute Gasteiger partial charge is 0.496 e. The number of fused-ring (bicyclic) bond motifs is 1. The number of methoxy groups -OCH3 is 1.